The van der Waals surface area contributed by atoms with Crippen molar-refractivity contribution in [2.24, 2.45) is 0 Å². The summed E-state index contributed by atoms with van der Waals surface area (Å²) < 4.78 is 13.0. The molecule has 5 heteroatoms. The molecule has 2 amide bonds. The molecule has 0 bridgehead atoms. The van der Waals surface area contributed by atoms with E-state index in [1.165, 1.54) is 24.3 Å². The van der Waals surface area contributed by atoms with Crippen molar-refractivity contribution in [3.8, 4) is 0 Å². The number of halogens is 1. The molecule has 0 aromatic heterocycles. The molecule has 0 atom stereocenters. The third-order valence-electron chi connectivity index (χ3n) is 3.99. The number of hydrogen-bond acceptors (Lipinski definition) is 2. The Morgan fingerprint density at radius 3 is 2.15 bits per heavy atom. The minimum atomic E-state index is -0.397. The summed E-state index contributed by atoms with van der Waals surface area (Å²) in [5.41, 5.74) is 2.61. The third-order valence-corrected chi connectivity index (χ3v) is 3.99. The highest BCUT2D eigenvalue weighted by Gasteiger charge is 2.08. The standard InChI is InChI=1S/C22H19FN2O2/c23-18-12-10-17(11-13-18)22(27)25-20-8-4-7-19(15-20)24-21(26)14-9-16-5-2-1-3-6-16/h1-8,10-13,15H,9,14H2,(H,24,26)(H,25,27). The van der Waals surface area contributed by atoms with E-state index in [1.54, 1.807) is 24.3 Å². The van der Waals surface area contributed by atoms with Crippen LogP contribution >= 0.6 is 0 Å². The van der Waals surface area contributed by atoms with E-state index >= 15 is 0 Å². The van der Waals surface area contributed by atoms with Gasteiger partial charge >= 0.3 is 0 Å². The maximum absolute atomic E-state index is 13.0. The average Bonchev–Trinajstić information content (AvgIpc) is 2.68. The summed E-state index contributed by atoms with van der Waals surface area (Å²) in [5, 5.41) is 5.57. The maximum atomic E-state index is 13.0. The monoisotopic (exact) mass is 362 g/mol. The Morgan fingerprint density at radius 1 is 0.778 bits per heavy atom. The number of anilines is 2. The van der Waals surface area contributed by atoms with Crippen LogP contribution in [0.25, 0.3) is 0 Å². The molecule has 2 N–H and O–H groups in total. The van der Waals surface area contributed by atoms with Crippen molar-refractivity contribution >= 4 is 23.2 Å². The molecular formula is C22H19FN2O2. The fraction of sp³-hybridized carbons (Fsp3) is 0.0909. The fourth-order valence-corrected chi connectivity index (χ4v) is 2.61. The molecule has 3 aromatic rings. The van der Waals surface area contributed by atoms with Gasteiger partial charge in [0.15, 0.2) is 0 Å². The Balaban J connectivity index is 1.57. The average molecular weight is 362 g/mol. The first kappa shape index (κ1) is 18.3. The van der Waals surface area contributed by atoms with Crippen LogP contribution in [0, 0.1) is 5.82 Å². The quantitative estimate of drug-likeness (QED) is 0.671. The van der Waals surface area contributed by atoms with Gasteiger partial charge in [-0.2, -0.15) is 0 Å². The largest absolute Gasteiger partial charge is 0.326 e. The summed E-state index contributed by atoms with van der Waals surface area (Å²) >= 11 is 0. The zero-order valence-corrected chi connectivity index (χ0v) is 14.6. The molecule has 3 rings (SSSR count). The van der Waals surface area contributed by atoms with Crippen LogP contribution in [0.1, 0.15) is 22.3 Å². The van der Waals surface area contributed by atoms with Crippen molar-refractivity contribution in [1.29, 1.82) is 0 Å². The van der Waals surface area contributed by atoms with Crippen molar-refractivity contribution in [3.05, 3.63) is 95.8 Å². The minimum Gasteiger partial charge on any atom is -0.326 e. The molecule has 136 valence electrons. The number of hydrogen-bond donors (Lipinski definition) is 2. The van der Waals surface area contributed by atoms with Gasteiger partial charge in [-0.25, -0.2) is 4.39 Å². The number of aryl methyl sites for hydroxylation is 1. The second-order valence-corrected chi connectivity index (χ2v) is 6.08. The van der Waals surface area contributed by atoms with E-state index in [0.717, 1.165) is 5.56 Å². The van der Waals surface area contributed by atoms with Crippen molar-refractivity contribution in [3.63, 3.8) is 0 Å². The van der Waals surface area contributed by atoms with Gasteiger partial charge in [0.05, 0.1) is 0 Å². The molecule has 0 aliphatic carbocycles. The number of nitrogens with one attached hydrogen (secondary N) is 2. The SMILES string of the molecule is O=C(CCc1ccccc1)Nc1cccc(NC(=O)c2ccc(F)cc2)c1. The number of carbonyl (C=O) groups is 2. The summed E-state index contributed by atoms with van der Waals surface area (Å²) in [6, 6.07) is 22.0. The van der Waals surface area contributed by atoms with Crippen LogP contribution < -0.4 is 10.6 Å². The molecule has 3 aromatic carbocycles. The lowest BCUT2D eigenvalue weighted by molar-refractivity contribution is -0.116. The molecule has 0 radical (unpaired) electrons. The van der Waals surface area contributed by atoms with Crippen LogP contribution in [0.2, 0.25) is 0 Å². The van der Waals surface area contributed by atoms with Gasteiger partial charge in [-0.05, 0) is 54.4 Å². The molecule has 0 unspecified atom stereocenters. The van der Waals surface area contributed by atoms with Crippen LogP contribution in [0.15, 0.2) is 78.9 Å². The molecule has 4 nitrogen and oxygen atoms in total. The fourth-order valence-electron chi connectivity index (χ4n) is 2.61. The number of benzene rings is 3. The molecule has 0 saturated carbocycles. The lowest BCUT2D eigenvalue weighted by Gasteiger charge is -2.09. The normalized spacial score (nSPS) is 10.3. The van der Waals surface area contributed by atoms with Gasteiger partial charge in [-0.1, -0.05) is 36.4 Å². The highest BCUT2D eigenvalue weighted by Crippen LogP contribution is 2.17. The summed E-state index contributed by atoms with van der Waals surface area (Å²) in [6.07, 6.45) is 1.03. The Bertz CT molecular complexity index is 925. The highest BCUT2D eigenvalue weighted by atomic mass is 19.1. The smallest absolute Gasteiger partial charge is 0.255 e. The summed E-state index contributed by atoms with van der Waals surface area (Å²) in [7, 11) is 0. The van der Waals surface area contributed by atoms with E-state index in [-0.39, 0.29) is 11.8 Å². The van der Waals surface area contributed by atoms with E-state index < -0.39 is 5.82 Å². The van der Waals surface area contributed by atoms with Crippen LogP contribution in [-0.4, -0.2) is 11.8 Å². The lowest BCUT2D eigenvalue weighted by atomic mass is 10.1. The summed E-state index contributed by atoms with van der Waals surface area (Å²) in [6.45, 7) is 0. The molecule has 0 aliphatic heterocycles. The Morgan fingerprint density at radius 2 is 1.44 bits per heavy atom. The minimum absolute atomic E-state index is 0.0964. The molecule has 0 fully saturated rings. The van der Waals surface area contributed by atoms with Gasteiger partial charge in [0.25, 0.3) is 5.91 Å². The van der Waals surface area contributed by atoms with Crippen molar-refractivity contribution in [2.45, 2.75) is 12.8 Å². The van der Waals surface area contributed by atoms with E-state index in [4.69, 9.17) is 0 Å². The Labute approximate surface area is 157 Å². The second-order valence-electron chi connectivity index (χ2n) is 6.08. The lowest BCUT2D eigenvalue weighted by Crippen LogP contribution is -2.14. The molecule has 0 heterocycles. The van der Waals surface area contributed by atoms with Crippen LogP contribution in [0.4, 0.5) is 15.8 Å². The van der Waals surface area contributed by atoms with Crippen molar-refractivity contribution in [2.75, 3.05) is 10.6 Å². The zero-order chi connectivity index (χ0) is 19.1. The van der Waals surface area contributed by atoms with Crippen LogP contribution in [0.3, 0.4) is 0 Å². The van der Waals surface area contributed by atoms with Gasteiger partial charge in [0.2, 0.25) is 5.91 Å². The van der Waals surface area contributed by atoms with E-state index in [2.05, 4.69) is 10.6 Å². The first-order valence-electron chi connectivity index (χ1n) is 8.61. The van der Waals surface area contributed by atoms with Gasteiger partial charge in [-0.15, -0.1) is 0 Å². The number of amides is 2. The first-order chi connectivity index (χ1) is 13.1. The molecule has 0 spiro atoms. The highest BCUT2D eigenvalue weighted by molar-refractivity contribution is 6.04. The molecule has 27 heavy (non-hydrogen) atoms. The van der Waals surface area contributed by atoms with Crippen LogP contribution in [-0.2, 0) is 11.2 Å². The third kappa shape index (κ3) is 5.51. The Kier molecular flexibility index (Phi) is 5.94. The van der Waals surface area contributed by atoms with Gasteiger partial charge in [0.1, 0.15) is 5.82 Å². The molecule has 0 saturated heterocycles. The topological polar surface area (TPSA) is 58.2 Å². The molecule has 0 aliphatic rings. The second kappa shape index (κ2) is 8.76. The summed E-state index contributed by atoms with van der Waals surface area (Å²) in [4.78, 5) is 24.3. The van der Waals surface area contributed by atoms with Gasteiger partial charge in [-0.3, -0.25) is 9.59 Å². The maximum Gasteiger partial charge on any atom is 0.255 e. The van der Waals surface area contributed by atoms with E-state index in [0.29, 0.717) is 29.8 Å². The number of carbonyl (C=O) groups excluding carboxylic acids is 2. The summed E-state index contributed by atoms with van der Waals surface area (Å²) in [5.74, 6) is -0.838. The predicted octanol–water partition coefficient (Wildman–Crippen LogP) is 4.65. The Hall–Kier alpha value is -3.47. The predicted molar refractivity (Wildman–Crippen MR) is 104 cm³/mol. The zero-order valence-electron chi connectivity index (χ0n) is 14.6. The van der Waals surface area contributed by atoms with Crippen molar-refractivity contribution < 1.29 is 14.0 Å². The van der Waals surface area contributed by atoms with Crippen molar-refractivity contribution in [1.82, 2.24) is 0 Å². The van der Waals surface area contributed by atoms with E-state index in [9.17, 15) is 14.0 Å². The van der Waals surface area contributed by atoms with Crippen LogP contribution in [0.5, 0.6) is 0 Å². The van der Waals surface area contributed by atoms with Gasteiger partial charge < -0.3 is 10.6 Å². The molecular weight excluding hydrogens is 343 g/mol. The van der Waals surface area contributed by atoms with Gasteiger partial charge in [0, 0.05) is 23.4 Å². The number of rotatable bonds is 6. The van der Waals surface area contributed by atoms with E-state index in [1.807, 2.05) is 30.3 Å². The first-order valence-corrected chi connectivity index (χ1v) is 8.61.